The van der Waals surface area contributed by atoms with Gasteiger partial charge >= 0.3 is 0 Å². The summed E-state index contributed by atoms with van der Waals surface area (Å²) in [4.78, 5) is 17.1. The molecule has 1 aromatic heterocycles. The Morgan fingerprint density at radius 1 is 1.23 bits per heavy atom. The van der Waals surface area contributed by atoms with E-state index in [0.29, 0.717) is 6.54 Å². The van der Waals surface area contributed by atoms with Crippen molar-refractivity contribution in [3.63, 3.8) is 0 Å². The summed E-state index contributed by atoms with van der Waals surface area (Å²) in [5.41, 5.74) is 3.29. The summed E-state index contributed by atoms with van der Waals surface area (Å²) in [6.45, 7) is 11.0. The normalized spacial score (nSPS) is 17.2. The van der Waals surface area contributed by atoms with Crippen molar-refractivity contribution >= 4 is 5.91 Å². The summed E-state index contributed by atoms with van der Waals surface area (Å²) in [7, 11) is 0. The molecule has 1 saturated heterocycles. The summed E-state index contributed by atoms with van der Waals surface area (Å²) < 4.78 is 5.29. The van der Waals surface area contributed by atoms with Gasteiger partial charge in [0.15, 0.2) is 5.76 Å². The van der Waals surface area contributed by atoms with Gasteiger partial charge in [-0.2, -0.15) is 0 Å². The lowest BCUT2D eigenvalue weighted by molar-refractivity contribution is -0.126. The third kappa shape index (κ3) is 4.71. The first-order valence-electron chi connectivity index (χ1n) is 9.24. The number of hydrogen-bond acceptors (Lipinski definition) is 5. The molecule has 2 heterocycles. The fraction of sp³-hybridized carbons (Fsp3) is 0.500. The Morgan fingerprint density at radius 2 is 1.96 bits per heavy atom. The van der Waals surface area contributed by atoms with Gasteiger partial charge in [0, 0.05) is 38.8 Å². The highest BCUT2D eigenvalue weighted by molar-refractivity contribution is 5.81. The molecule has 3 rings (SSSR count). The van der Waals surface area contributed by atoms with Crippen LogP contribution in [0.15, 0.2) is 34.9 Å². The Morgan fingerprint density at radius 3 is 2.62 bits per heavy atom. The Kier molecular flexibility index (Phi) is 6.06. The molecule has 140 valence electrons. The average molecular weight is 356 g/mol. The summed E-state index contributed by atoms with van der Waals surface area (Å²) >= 11 is 0. The lowest BCUT2D eigenvalue weighted by Crippen LogP contribution is -2.53. The van der Waals surface area contributed by atoms with Gasteiger partial charge < -0.3 is 9.84 Å². The van der Waals surface area contributed by atoms with E-state index in [4.69, 9.17) is 4.52 Å². The maximum atomic E-state index is 12.5. The average Bonchev–Trinajstić information content (AvgIpc) is 3.05. The molecule has 1 fully saturated rings. The number of hydrogen-bond donors (Lipinski definition) is 1. The zero-order valence-corrected chi connectivity index (χ0v) is 15.9. The molecule has 1 aliphatic heterocycles. The number of nitrogens with zero attached hydrogens (tertiary/aromatic N) is 3. The largest absolute Gasteiger partial charge is 0.360 e. The number of rotatable bonds is 6. The number of carbonyl (C=O) groups excluding carboxylic acids is 1. The predicted octanol–water partition coefficient (Wildman–Crippen LogP) is 2.11. The molecule has 1 aromatic carbocycles. The molecule has 6 heteroatoms. The molecule has 0 aliphatic carbocycles. The summed E-state index contributed by atoms with van der Waals surface area (Å²) in [6.07, 6.45) is 0. The van der Waals surface area contributed by atoms with E-state index in [1.807, 2.05) is 32.0 Å². The SMILES string of the molecule is Cc1cc(CN2CCN(C(C)C(=O)NCc3ccccc3C)CC2)on1. The van der Waals surface area contributed by atoms with Crippen LogP contribution in [0.5, 0.6) is 0 Å². The van der Waals surface area contributed by atoms with Crippen molar-refractivity contribution in [2.75, 3.05) is 26.2 Å². The van der Waals surface area contributed by atoms with Crippen LogP contribution in [0.2, 0.25) is 0 Å². The maximum absolute atomic E-state index is 12.5. The van der Waals surface area contributed by atoms with Crippen LogP contribution in [0, 0.1) is 13.8 Å². The fourth-order valence-electron chi connectivity index (χ4n) is 3.32. The number of amides is 1. The van der Waals surface area contributed by atoms with Crippen LogP contribution in [0.3, 0.4) is 0 Å². The predicted molar refractivity (Wildman–Crippen MR) is 101 cm³/mol. The van der Waals surface area contributed by atoms with E-state index < -0.39 is 0 Å². The van der Waals surface area contributed by atoms with Gasteiger partial charge in [-0.1, -0.05) is 29.4 Å². The Labute approximate surface area is 155 Å². The smallest absolute Gasteiger partial charge is 0.237 e. The van der Waals surface area contributed by atoms with Gasteiger partial charge in [0.2, 0.25) is 5.91 Å². The standard InChI is InChI=1S/C20H28N4O2/c1-15-6-4-5-7-18(15)13-21-20(25)17(3)24-10-8-23(9-11-24)14-19-12-16(2)22-26-19/h4-7,12,17H,8-11,13-14H2,1-3H3,(H,21,25). The van der Waals surface area contributed by atoms with Crippen LogP contribution in [0.25, 0.3) is 0 Å². The third-order valence-corrected chi connectivity index (χ3v) is 5.10. The van der Waals surface area contributed by atoms with Gasteiger partial charge in [0.1, 0.15) is 0 Å². The molecule has 26 heavy (non-hydrogen) atoms. The van der Waals surface area contributed by atoms with E-state index in [1.165, 1.54) is 11.1 Å². The third-order valence-electron chi connectivity index (χ3n) is 5.10. The maximum Gasteiger partial charge on any atom is 0.237 e. The minimum Gasteiger partial charge on any atom is -0.360 e. The van der Waals surface area contributed by atoms with Gasteiger partial charge in [-0.15, -0.1) is 0 Å². The molecule has 6 nitrogen and oxygen atoms in total. The first kappa shape index (κ1) is 18.6. The molecule has 0 radical (unpaired) electrons. The van der Waals surface area contributed by atoms with Crippen molar-refractivity contribution in [3.05, 3.63) is 52.9 Å². The van der Waals surface area contributed by atoms with E-state index in [9.17, 15) is 4.79 Å². The first-order chi connectivity index (χ1) is 12.5. The van der Waals surface area contributed by atoms with Crippen molar-refractivity contribution in [3.8, 4) is 0 Å². The monoisotopic (exact) mass is 356 g/mol. The lowest BCUT2D eigenvalue weighted by Gasteiger charge is -2.37. The van der Waals surface area contributed by atoms with Crippen molar-refractivity contribution in [2.24, 2.45) is 0 Å². The van der Waals surface area contributed by atoms with Crippen LogP contribution in [0.1, 0.15) is 29.5 Å². The Balaban J connectivity index is 1.44. The molecular formula is C20H28N4O2. The quantitative estimate of drug-likeness (QED) is 0.859. The number of aryl methyl sites for hydroxylation is 2. The molecule has 1 N–H and O–H groups in total. The Bertz CT molecular complexity index is 735. The highest BCUT2D eigenvalue weighted by atomic mass is 16.5. The van der Waals surface area contributed by atoms with Crippen LogP contribution in [-0.4, -0.2) is 53.1 Å². The number of aromatic nitrogens is 1. The number of nitrogens with one attached hydrogen (secondary N) is 1. The molecule has 1 atom stereocenters. The minimum absolute atomic E-state index is 0.0903. The minimum atomic E-state index is -0.117. The van der Waals surface area contributed by atoms with Crippen LogP contribution in [0.4, 0.5) is 0 Å². The second-order valence-electron chi connectivity index (χ2n) is 7.07. The summed E-state index contributed by atoms with van der Waals surface area (Å²) in [5, 5.41) is 7.01. The van der Waals surface area contributed by atoms with Gasteiger partial charge in [-0.05, 0) is 31.9 Å². The highest BCUT2D eigenvalue weighted by Crippen LogP contribution is 2.12. The topological polar surface area (TPSA) is 61.6 Å². The van der Waals surface area contributed by atoms with Crippen LogP contribution < -0.4 is 5.32 Å². The van der Waals surface area contributed by atoms with E-state index in [-0.39, 0.29) is 11.9 Å². The Hall–Kier alpha value is -2.18. The van der Waals surface area contributed by atoms with Crippen LogP contribution in [-0.2, 0) is 17.9 Å². The lowest BCUT2D eigenvalue weighted by atomic mass is 10.1. The van der Waals surface area contributed by atoms with Gasteiger partial charge in [0.25, 0.3) is 0 Å². The molecule has 0 saturated carbocycles. The van der Waals surface area contributed by atoms with Crippen LogP contribution >= 0.6 is 0 Å². The fourth-order valence-corrected chi connectivity index (χ4v) is 3.32. The van der Waals surface area contributed by atoms with Crippen molar-refractivity contribution in [1.82, 2.24) is 20.3 Å². The van der Waals surface area contributed by atoms with Gasteiger partial charge in [-0.3, -0.25) is 14.6 Å². The van der Waals surface area contributed by atoms with Crippen molar-refractivity contribution in [2.45, 2.75) is 39.9 Å². The molecule has 0 spiro atoms. The molecular weight excluding hydrogens is 328 g/mol. The highest BCUT2D eigenvalue weighted by Gasteiger charge is 2.25. The van der Waals surface area contributed by atoms with E-state index in [1.54, 1.807) is 0 Å². The number of carbonyl (C=O) groups is 1. The second kappa shape index (κ2) is 8.47. The van der Waals surface area contributed by atoms with Gasteiger partial charge in [0.05, 0.1) is 18.3 Å². The zero-order chi connectivity index (χ0) is 18.5. The van der Waals surface area contributed by atoms with E-state index in [2.05, 4.69) is 39.3 Å². The number of piperazine rings is 1. The molecule has 1 unspecified atom stereocenters. The number of benzene rings is 1. The van der Waals surface area contributed by atoms with E-state index >= 15 is 0 Å². The van der Waals surface area contributed by atoms with Gasteiger partial charge in [-0.25, -0.2) is 0 Å². The second-order valence-corrected chi connectivity index (χ2v) is 7.07. The summed E-state index contributed by atoms with van der Waals surface area (Å²) in [5.74, 6) is 0.993. The molecule has 1 amide bonds. The molecule has 2 aromatic rings. The molecule has 1 aliphatic rings. The molecule has 0 bridgehead atoms. The van der Waals surface area contributed by atoms with Crippen molar-refractivity contribution in [1.29, 1.82) is 0 Å². The summed E-state index contributed by atoms with van der Waals surface area (Å²) in [6, 6.07) is 10.0. The first-order valence-corrected chi connectivity index (χ1v) is 9.24. The van der Waals surface area contributed by atoms with Crippen molar-refractivity contribution < 1.29 is 9.32 Å². The van der Waals surface area contributed by atoms with E-state index in [0.717, 1.165) is 44.2 Å². The zero-order valence-electron chi connectivity index (χ0n) is 15.9.